The summed E-state index contributed by atoms with van der Waals surface area (Å²) in [5, 5.41) is 0. The molecule has 5 heteroatoms. The minimum atomic E-state index is -0.939. The molecule has 3 nitrogen and oxygen atoms in total. The summed E-state index contributed by atoms with van der Waals surface area (Å²) in [6.45, 7) is 7.11. The Morgan fingerprint density at radius 3 is 2.71 bits per heavy atom. The molecule has 0 N–H and O–H groups in total. The van der Waals surface area contributed by atoms with E-state index >= 15 is 0 Å². The Morgan fingerprint density at radius 2 is 2.12 bits per heavy atom. The summed E-state index contributed by atoms with van der Waals surface area (Å²) in [5.41, 5.74) is 0. The van der Waals surface area contributed by atoms with E-state index in [4.69, 9.17) is 4.42 Å². The van der Waals surface area contributed by atoms with Gasteiger partial charge in [-0.15, -0.1) is 0 Å². The molecule has 1 rings (SSSR count). The van der Waals surface area contributed by atoms with E-state index in [0.29, 0.717) is 0 Å². The number of carbonyl (C=O) groups is 1. The van der Waals surface area contributed by atoms with Gasteiger partial charge in [-0.25, -0.2) is 4.79 Å². The van der Waals surface area contributed by atoms with E-state index in [1.54, 1.807) is 6.07 Å². The topological polar surface area (TPSA) is 39.4 Å². The Hall–Kier alpha value is -0.683. The lowest BCUT2D eigenvalue weighted by molar-refractivity contribution is 0.0563. The smallest absolute Gasteiger partial charge is 0.373 e. The van der Waals surface area contributed by atoms with Gasteiger partial charge in [0, 0.05) is 8.07 Å². The van der Waals surface area contributed by atoms with E-state index in [1.807, 2.05) is 17.8 Å². The molecule has 0 saturated carbocycles. The molecule has 0 radical (unpaired) electrons. The van der Waals surface area contributed by atoms with Gasteiger partial charge in [0.2, 0.25) is 5.76 Å². The highest BCUT2D eigenvalue weighted by Gasteiger charge is 2.13. The van der Waals surface area contributed by atoms with E-state index in [9.17, 15) is 4.79 Å². The molecule has 0 spiro atoms. The van der Waals surface area contributed by atoms with Crippen LogP contribution in [0, 0.1) is 0 Å². The summed E-state index contributed by atoms with van der Waals surface area (Å²) < 4.78 is 9.97. The Balaban J connectivity index is 2.33. The number of thioether (sulfide) groups is 1. The number of ether oxygens (including phenoxy) is 1. The molecule has 1 heterocycles. The second-order valence-corrected chi connectivity index (χ2v) is 11.8. The summed E-state index contributed by atoms with van der Waals surface area (Å²) in [6, 6.07) is 4.82. The van der Waals surface area contributed by atoms with Crippen molar-refractivity contribution < 1.29 is 13.9 Å². The van der Waals surface area contributed by atoms with Crippen LogP contribution < -0.4 is 0 Å². The fraction of sp³-hybridized carbons (Fsp3) is 0.583. The Labute approximate surface area is 108 Å². The number of carbonyl (C=O) groups excluding carboxylic acids is 1. The largest absolute Gasteiger partial charge is 0.463 e. The summed E-state index contributed by atoms with van der Waals surface area (Å²) in [4.78, 5) is 11.2. The van der Waals surface area contributed by atoms with Gasteiger partial charge in [-0.2, -0.15) is 11.8 Å². The predicted octanol–water partition coefficient (Wildman–Crippen LogP) is 3.64. The molecule has 0 aliphatic carbocycles. The summed E-state index contributed by atoms with van der Waals surface area (Å²) in [5.74, 6) is 2.69. The van der Waals surface area contributed by atoms with Crippen molar-refractivity contribution in [3.05, 3.63) is 23.7 Å². The van der Waals surface area contributed by atoms with Gasteiger partial charge in [-0.05, 0) is 23.9 Å². The lowest BCUT2D eigenvalue weighted by Gasteiger charge is -2.14. The third-order valence-corrected chi connectivity index (χ3v) is 5.38. The summed E-state index contributed by atoms with van der Waals surface area (Å²) in [7, 11) is 0.415. The van der Waals surface area contributed by atoms with Crippen molar-refractivity contribution in [1.82, 2.24) is 0 Å². The average molecular weight is 272 g/mol. The van der Waals surface area contributed by atoms with Gasteiger partial charge in [-0.1, -0.05) is 19.6 Å². The first-order chi connectivity index (χ1) is 7.92. The maximum Gasteiger partial charge on any atom is 0.373 e. The van der Waals surface area contributed by atoms with Crippen LogP contribution in [0.25, 0.3) is 0 Å². The minimum absolute atomic E-state index is 0.285. The molecular weight excluding hydrogens is 252 g/mol. The normalized spacial score (nSPS) is 11.5. The monoisotopic (exact) mass is 272 g/mol. The highest BCUT2D eigenvalue weighted by Crippen LogP contribution is 2.19. The predicted molar refractivity (Wildman–Crippen MR) is 74.4 cm³/mol. The quantitative estimate of drug-likeness (QED) is 0.450. The highest BCUT2D eigenvalue weighted by molar-refractivity contribution is 7.98. The molecule has 0 fully saturated rings. The average Bonchev–Trinajstić information content (AvgIpc) is 2.70. The first kappa shape index (κ1) is 14.4. The van der Waals surface area contributed by atoms with E-state index in [1.165, 1.54) is 13.2 Å². The van der Waals surface area contributed by atoms with Crippen LogP contribution in [0.3, 0.4) is 0 Å². The van der Waals surface area contributed by atoms with Crippen molar-refractivity contribution in [2.75, 3.05) is 12.9 Å². The maximum absolute atomic E-state index is 11.2. The van der Waals surface area contributed by atoms with Crippen LogP contribution in [0.15, 0.2) is 16.5 Å². The SMILES string of the molecule is COC(=O)c1ccc(CSCC[Si](C)(C)C)o1. The maximum atomic E-state index is 11.2. The number of esters is 1. The van der Waals surface area contributed by atoms with Crippen LogP contribution in [-0.4, -0.2) is 26.9 Å². The molecule has 0 atom stereocenters. The van der Waals surface area contributed by atoms with Crippen molar-refractivity contribution in [1.29, 1.82) is 0 Å². The molecule has 0 amide bonds. The van der Waals surface area contributed by atoms with Gasteiger partial charge < -0.3 is 9.15 Å². The lowest BCUT2D eigenvalue weighted by atomic mass is 10.4. The van der Waals surface area contributed by atoms with E-state index in [0.717, 1.165) is 17.3 Å². The van der Waals surface area contributed by atoms with Gasteiger partial charge in [0.25, 0.3) is 0 Å². The van der Waals surface area contributed by atoms with E-state index < -0.39 is 14.0 Å². The number of methoxy groups -OCH3 is 1. The molecule has 1 aromatic rings. The van der Waals surface area contributed by atoms with Gasteiger partial charge >= 0.3 is 5.97 Å². The van der Waals surface area contributed by atoms with Crippen LogP contribution in [0.2, 0.25) is 25.7 Å². The van der Waals surface area contributed by atoms with Gasteiger partial charge in [0.05, 0.1) is 12.9 Å². The Morgan fingerprint density at radius 1 is 1.41 bits per heavy atom. The number of rotatable bonds is 6. The first-order valence-electron chi connectivity index (χ1n) is 5.67. The van der Waals surface area contributed by atoms with Crippen molar-refractivity contribution in [2.45, 2.75) is 31.4 Å². The number of hydrogen-bond acceptors (Lipinski definition) is 4. The first-order valence-corrected chi connectivity index (χ1v) is 10.5. The van der Waals surface area contributed by atoms with E-state index in [-0.39, 0.29) is 5.76 Å². The third-order valence-electron chi connectivity index (χ3n) is 2.29. The molecule has 0 aromatic carbocycles. The molecule has 96 valence electrons. The second kappa shape index (κ2) is 6.30. The van der Waals surface area contributed by atoms with Crippen molar-refractivity contribution in [2.24, 2.45) is 0 Å². The number of furan rings is 1. The fourth-order valence-electron chi connectivity index (χ4n) is 1.22. The molecule has 17 heavy (non-hydrogen) atoms. The van der Waals surface area contributed by atoms with Crippen molar-refractivity contribution in [3.8, 4) is 0 Å². The molecule has 0 saturated heterocycles. The zero-order valence-electron chi connectivity index (χ0n) is 10.9. The van der Waals surface area contributed by atoms with Crippen molar-refractivity contribution >= 4 is 25.8 Å². The Kier molecular flexibility index (Phi) is 5.33. The van der Waals surface area contributed by atoms with Gasteiger partial charge in [-0.3, -0.25) is 0 Å². The standard InChI is InChI=1S/C12H20O3SSi/c1-14-12(13)11-6-5-10(15-11)9-16-7-8-17(2,3)4/h5-6H,7-9H2,1-4H3. The van der Waals surface area contributed by atoms with Crippen LogP contribution in [0.1, 0.15) is 16.3 Å². The molecule has 0 unspecified atom stereocenters. The fourth-order valence-corrected chi connectivity index (χ4v) is 4.74. The molecular formula is C12H20O3SSi. The zero-order chi connectivity index (χ0) is 12.9. The van der Waals surface area contributed by atoms with Crippen molar-refractivity contribution in [3.63, 3.8) is 0 Å². The molecule has 0 aliphatic heterocycles. The molecule has 1 aromatic heterocycles. The van der Waals surface area contributed by atoms with Crippen LogP contribution in [-0.2, 0) is 10.5 Å². The lowest BCUT2D eigenvalue weighted by Crippen LogP contribution is -2.19. The zero-order valence-corrected chi connectivity index (χ0v) is 12.7. The highest BCUT2D eigenvalue weighted by atomic mass is 32.2. The Bertz CT molecular complexity index is 368. The summed E-state index contributed by atoms with van der Waals surface area (Å²) in [6.07, 6.45) is 0. The summed E-state index contributed by atoms with van der Waals surface area (Å²) >= 11 is 1.85. The molecule has 0 aliphatic rings. The van der Waals surface area contributed by atoms with E-state index in [2.05, 4.69) is 24.4 Å². The van der Waals surface area contributed by atoms with Crippen LogP contribution in [0.5, 0.6) is 0 Å². The minimum Gasteiger partial charge on any atom is -0.463 e. The van der Waals surface area contributed by atoms with Crippen LogP contribution in [0.4, 0.5) is 0 Å². The number of hydrogen-bond donors (Lipinski definition) is 0. The molecule has 0 bridgehead atoms. The van der Waals surface area contributed by atoms with Crippen LogP contribution >= 0.6 is 11.8 Å². The van der Waals surface area contributed by atoms with Gasteiger partial charge in [0.1, 0.15) is 5.76 Å². The van der Waals surface area contributed by atoms with Gasteiger partial charge in [0.15, 0.2) is 0 Å². The third kappa shape index (κ3) is 5.45. The second-order valence-electron chi connectivity index (χ2n) is 5.12.